The molecule has 0 fully saturated rings. The zero-order valence-electron chi connectivity index (χ0n) is 12.0. The maximum atomic E-state index is 11.8. The van der Waals surface area contributed by atoms with Crippen LogP contribution in [0.15, 0.2) is 18.2 Å². The van der Waals surface area contributed by atoms with E-state index in [2.05, 4.69) is 49.6 Å². The molecule has 0 saturated carbocycles. The molecule has 0 aliphatic heterocycles. The first kappa shape index (κ1) is 14.6. The van der Waals surface area contributed by atoms with E-state index in [0.717, 1.165) is 6.42 Å². The van der Waals surface area contributed by atoms with E-state index in [0.29, 0.717) is 0 Å². The minimum Gasteiger partial charge on any atom is -0.336 e. The number of hydrogen-bond donors (Lipinski definition) is 2. The van der Waals surface area contributed by atoms with Crippen molar-refractivity contribution in [3.8, 4) is 0 Å². The van der Waals surface area contributed by atoms with Crippen molar-refractivity contribution in [1.29, 1.82) is 0 Å². The van der Waals surface area contributed by atoms with E-state index in [1.165, 1.54) is 16.7 Å². The van der Waals surface area contributed by atoms with E-state index < -0.39 is 0 Å². The number of nitrogens with one attached hydrogen (secondary N) is 2. The van der Waals surface area contributed by atoms with Gasteiger partial charge in [-0.25, -0.2) is 4.79 Å². The lowest BCUT2D eigenvalue weighted by Crippen LogP contribution is -2.41. The van der Waals surface area contributed by atoms with Crippen molar-refractivity contribution in [2.24, 2.45) is 0 Å². The molecule has 0 radical (unpaired) electrons. The predicted octanol–water partition coefficient (Wildman–Crippen LogP) is 3.46. The van der Waals surface area contributed by atoms with Crippen LogP contribution in [0.25, 0.3) is 0 Å². The average molecular weight is 248 g/mol. The van der Waals surface area contributed by atoms with Gasteiger partial charge in [0.2, 0.25) is 0 Å². The van der Waals surface area contributed by atoms with Gasteiger partial charge in [-0.05, 0) is 45.2 Å². The third-order valence-corrected chi connectivity index (χ3v) is 3.23. The van der Waals surface area contributed by atoms with E-state index in [4.69, 9.17) is 0 Å². The molecule has 0 aromatic heterocycles. The van der Waals surface area contributed by atoms with Gasteiger partial charge in [0.05, 0.1) is 6.04 Å². The summed E-state index contributed by atoms with van der Waals surface area (Å²) in [7, 11) is 0. The minimum absolute atomic E-state index is 0.0228. The molecule has 2 N–H and O–H groups in total. The lowest BCUT2D eigenvalue weighted by atomic mass is 10.0. The Kier molecular flexibility index (Phi) is 5.20. The Hall–Kier alpha value is -1.51. The third-order valence-electron chi connectivity index (χ3n) is 3.23. The Morgan fingerprint density at radius 3 is 2.44 bits per heavy atom. The van der Waals surface area contributed by atoms with Crippen molar-refractivity contribution < 1.29 is 4.79 Å². The molecule has 2 atom stereocenters. The number of amides is 2. The molecule has 0 bridgehead atoms. The van der Waals surface area contributed by atoms with Gasteiger partial charge in [-0.15, -0.1) is 0 Å². The number of carbonyl (C=O) groups excluding carboxylic acids is 1. The first-order chi connectivity index (χ1) is 8.43. The molecule has 0 spiro atoms. The predicted molar refractivity (Wildman–Crippen MR) is 75.8 cm³/mol. The molecule has 3 heteroatoms. The van der Waals surface area contributed by atoms with Gasteiger partial charge in [0.25, 0.3) is 0 Å². The van der Waals surface area contributed by atoms with Crippen molar-refractivity contribution in [1.82, 2.24) is 10.6 Å². The molecule has 2 amide bonds. The van der Waals surface area contributed by atoms with Gasteiger partial charge >= 0.3 is 6.03 Å². The summed E-state index contributed by atoms with van der Waals surface area (Å²) in [4.78, 5) is 11.8. The van der Waals surface area contributed by atoms with E-state index in [1.807, 2.05) is 13.8 Å². The lowest BCUT2D eigenvalue weighted by Gasteiger charge is -2.19. The fourth-order valence-electron chi connectivity index (χ4n) is 1.95. The van der Waals surface area contributed by atoms with Crippen molar-refractivity contribution in [3.05, 3.63) is 34.9 Å². The van der Waals surface area contributed by atoms with E-state index >= 15 is 0 Å². The summed E-state index contributed by atoms with van der Waals surface area (Å²) < 4.78 is 0. The van der Waals surface area contributed by atoms with Crippen LogP contribution in [0.5, 0.6) is 0 Å². The maximum absolute atomic E-state index is 11.8. The molecule has 18 heavy (non-hydrogen) atoms. The summed E-state index contributed by atoms with van der Waals surface area (Å²) in [6, 6.07) is 6.43. The number of carbonyl (C=O) groups is 1. The monoisotopic (exact) mass is 248 g/mol. The summed E-state index contributed by atoms with van der Waals surface area (Å²) in [5, 5.41) is 5.88. The largest absolute Gasteiger partial charge is 0.336 e. The fourth-order valence-corrected chi connectivity index (χ4v) is 1.95. The van der Waals surface area contributed by atoms with Gasteiger partial charge in [-0.3, -0.25) is 0 Å². The molecule has 1 aromatic carbocycles. The Labute approximate surface area is 110 Å². The quantitative estimate of drug-likeness (QED) is 0.841. The van der Waals surface area contributed by atoms with Crippen LogP contribution in [0, 0.1) is 13.8 Å². The van der Waals surface area contributed by atoms with Crippen LogP contribution >= 0.6 is 0 Å². The molecule has 3 nitrogen and oxygen atoms in total. The molecule has 1 aromatic rings. The number of rotatable bonds is 4. The summed E-state index contributed by atoms with van der Waals surface area (Å²) in [5.74, 6) is 0. The van der Waals surface area contributed by atoms with Crippen LogP contribution in [-0.4, -0.2) is 12.1 Å². The second-order valence-corrected chi connectivity index (χ2v) is 5.01. The van der Waals surface area contributed by atoms with Crippen molar-refractivity contribution in [2.45, 2.75) is 53.1 Å². The highest BCUT2D eigenvalue weighted by Crippen LogP contribution is 2.18. The van der Waals surface area contributed by atoms with Crippen LogP contribution in [0.1, 0.15) is 49.9 Å². The Morgan fingerprint density at radius 1 is 1.22 bits per heavy atom. The zero-order chi connectivity index (χ0) is 13.7. The highest BCUT2D eigenvalue weighted by molar-refractivity contribution is 5.74. The number of aryl methyl sites for hydroxylation is 2. The van der Waals surface area contributed by atoms with Crippen molar-refractivity contribution in [3.63, 3.8) is 0 Å². The SMILES string of the molecule is CC[C@@H](C)NC(=O)N[C@@H](C)c1ccc(C)cc1C. The lowest BCUT2D eigenvalue weighted by molar-refractivity contribution is 0.234. The third kappa shape index (κ3) is 4.06. The summed E-state index contributed by atoms with van der Waals surface area (Å²) in [6.45, 7) is 10.2. The normalized spacial score (nSPS) is 13.8. The smallest absolute Gasteiger partial charge is 0.315 e. The average Bonchev–Trinajstić information content (AvgIpc) is 2.28. The molecule has 0 aliphatic carbocycles. The number of urea groups is 1. The second-order valence-electron chi connectivity index (χ2n) is 5.01. The van der Waals surface area contributed by atoms with Gasteiger partial charge in [-0.1, -0.05) is 30.7 Å². The molecular weight excluding hydrogens is 224 g/mol. The number of hydrogen-bond acceptors (Lipinski definition) is 1. The highest BCUT2D eigenvalue weighted by Gasteiger charge is 2.12. The molecule has 0 saturated heterocycles. The van der Waals surface area contributed by atoms with Crippen LogP contribution in [0.4, 0.5) is 4.79 Å². The molecule has 0 heterocycles. The van der Waals surface area contributed by atoms with Crippen molar-refractivity contribution >= 4 is 6.03 Å². The molecule has 1 rings (SSSR count). The van der Waals surface area contributed by atoms with Crippen LogP contribution in [0.2, 0.25) is 0 Å². The standard InChI is InChI=1S/C15H24N2O/c1-6-12(4)16-15(18)17-13(5)14-8-7-10(2)9-11(14)3/h7-9,12-13H,6H2,1-5H3,(H2,16,17,18)/t12-,13+/m1/s1. The Balaban J connectivity index is 2.64. The summed E-state index contributed by atoms with van der Waals surface area (Å²) >= 11 is 0. The Morgan fingerprint density at radius 2 is 1.89 bits per heavy atom. The van der Waals surface area contributed by atoms with Crippen LogP contribution < -0.4 is 10.6 Å². The van der Waals surface area contributed by atoms with E-state index in [9.17, 15) is 4.79 Å². The minimum atomic E-state index is -0.100. The second kappa shape index (κ2) is 6.43. The zero-order valence-corrected chi connectivity index (χ0v) is 12.0. The molecular formula is C15H24N2O. The van der Waals surface area contributed by atoms with Gasteiger partial charge in [0.15, 0.2) is 0 Å². The van der Waals surface area contributed by atoms with Crippen LogP contribution in [-0.2, 0) is 0 Å². The molecule has 0 unspecified atom stereocenters. The highest BCUT2D eigenvalue weighted by atomic mass is 16.2. The summed E-state index contributed by atoms with van der Waals surface area (Å²) in [5.41, 5.74) is 3.62. The molecule has 100 valence electrons. The van der Waals surface area contributed by atoms with E-state index in [1.54, 1.807) is 0 Å². The fraction of sp³-hybridized carbons (Fsp3) is 0.533. The van der Waals surface area contributed by atoms with Gasteiger partial charge in [0, 0.05) is 6.04 Å². The topological polar surface area (TPSA) is 41.1 Å². The number of benzene rings is 1. The van der Waals surface area contributed by atoms with Gasteiger partial charge < -0.3 is 10.6 Å². The first-order valence-corrected chi connectivity index (χ1v) is 6.58. The molecule has 0 aliphatic rings. The van der Waals surface area contributed by atoms with Gasteiger partial charge in [0.1, 0.15) is 0 Å². The van der Waals surface area contributed by atoms with Crippen molar-refractivity contribution in [2.75, 3.05) is 0 Å². The van der Waals surface area contributed by atoms with E-state index in [-0.39, 0.29) is 18.1 Å². The maximum Gasteiger partial charge on any atom is 0.315 e. The first-order valence-electron chi connectivity index (χ1n) is 6.58. The summed E-state index contributed by atoms with van der Waals surface area (Å²) in [6.07, 6.45) is 0.936. The van der Waals surface area contributed by atoms with Crippen LogP contribution in [0.3, 0.4) is 0 Å². The Bertz CT molecular complexity index is 415. The van der Waals surface area contributed by atoms with Gasteiger partial charge in [-0.2, -0.15) is 0 Å².